The molecule has 0 bridgehead atoms. The van der Waals surface area contributed by atoms with Gasteiger partial charge in [-0.05, 0) is 56.3 Å². The van der Waals surface area contributed by atoms with Crippen molar-refractivity contribution in [2.75, 3.05) is 13.6 Å². The Morgan fingerprint density at radius 2 is 1.59 bits per heavy atom. The standard InChI is InChI=1S/C15H23N.C7H8O3S/c1-12-11-16(4)13(2)10-15(12,3)14-8-6-5-7-9-14;1-6-2-4-7(5-3-6)11(8,9)10/h5-9,12-13H,10-11H2,1-4H3;2-5H,1H3,(H,8,9,10). The molecule has 148 valence electrons. The Hall–Kier alpha value is -1.69. The summed E-state index contributed by atoms with van der Waals surface area (Å²) in [6.07, 6.45) is 1.26. The fraction of sp³-hybridized carbons (Fsp3) is 0.455. The van der Waals surface area contributed by atoms with Crippen LogP contribution in [0.3, 0.4) is 0 Å². The Morgan fingerprint density at radius 3 is 2.11 bits per heavy atom. The average Bonchev–Trinajstić information content (AvgIpc) is 2.61. The highest BCUT2D eigenvalue weighted by atomic mass is 32.2. The molecule has 0 spiro atoms. The van der Waals surface area contributed by atoms with Gasteiger partial charge < -0.3 is 4.90 Å². The molecule has 5 heteroatoms. The number of piperidine rings is 1. The highest BCUT2D eigenvalue weighted by Gasteiger charge is 2.39. The SMILES string of the molecule is CC1CC(C)(c2ccccc2)C(C)CN1C.Cc1ccc(S(=O)(=O)O)cc1. The molecule has 27 heavy (non-hydrogen) atoms. The van der Waals surface area contributed by atoms with Gasteiger partial charge in [0.1, 0.15) is 0 Å². The summed E-state index contributed by atoms with van der Waals surface area (Å²) in [6, 6.07) is 17.7. The van der Waals surface area contributed by atoms with Crippen LogP contribution in [0.2, 0.25) is 0 Å². The molecule has 0 amide bonds. The molecule has 4 nitrogen and oxygen atoms in total. The first-order chi connectivity index (χ1) is 12.5. The summed E-state index contributed by atoms with van der Waals surface area (Å²) in [5.41, 5.74) is 2.80. The van der Waals surface area contributed by atoms with E-state index in [9.17, 15) is 8.42 Å². The van der Waals surface area contributed by atoms with Crippen LogP contribution in [-0.4, -0.2) is 37.5 Å². The third-order valence-electron chi connectivity index (χ3n) is 5.87. The normalized spacial score (nSPS) is 26.1. The smallest absolute Gasteiger partial charge is 0.294 e. The Balaban J connectivity index is 0.000000208. The van der Waals surface area contributed by atoms with E-state index in [2.05, 4.69) is 63.1 Å². The van der Waals surface area contributed by atoms with Crippen LogP contribution in [0.4, 0.5) is 0 Å². The molecule has 1 heterocycles. The van der Waals surface area contributed by atoms with E-state index in [-0.39, 0.29) is 4.90 Å². The van der Waals surface area contributed by atoms with Gasteiger partial charge in [0.25, 0.3) is 10.1 Å². The molecule has 3 rings (SSSR count). The van der Waals surface area contributed by atoms with Crippen molar-refractivity contribution in [2.45, 2.75) is 50.5 Å². The second-order valence-electron chi connectivity index (χ2n) is 7.97. The van der Waals surface area contributed by atoms with Gasteiger partial charge in [-0.25, -0.2) is 0 Å². The van der Waals surface area contributed by atoms with Gasteiger partial charge in [0, 0.05) is 12.6 Å². The quantitative estimate of drug-likeness (QED) is 0.766. The van der Waals surface area contributed by atoms with Crippen molar-refractivity contribution >= 4 is 10.1 Å². The zero-order valence-corrected chi connectivity index (χ0v) is 17.7. The summed E-state index contributed by atoms with van der Waals surface area (Å²) in [4.78, 5) is 2.41. The van der Waals surface area contributed by atoms with Crippen LogP contribution in [0, 0.1) is 12.8 Å². The number of likely N-dealkylation sites (tertiary alicyclic amines) is 1. The van der Waals surface area contributed by atoms with Gasteiger partial charge >= 0.3 is 0 Å². The van der Waals surface area contributed by atoms with Gasteiger partial charge in [0.2, 0.25) is 0 Å². The van der Waals surface area contributed by atoms with E-state index >= 15 is 0 Å². The van der Waals surface area contributed by atoms with Crippen molar-refractivity contribution in [1.82, 2.24) is 4.90 Å². The van der Waals surface area contributed by atoms with Crippen LogP contribution in [0.1, 0.15) is 38.3 Å². The number of hydrogen-bond acceptors (Lipinski definition) is 3. The van der Waals surface area contributed by atoms with E-state index in [1.807, 2.05) is 6.92 Å². The Labute approximate surface area is 164 Å². The van der Waals surface area contributed by atoms with Crippen LogP contribution < -0.4 is 0 Å². The van der Waals surface area contributed by atoms with E-state index < -0.39 is 10.1 Å². The molecule has 1 fully saturated rings. The summed E-state index contributed by atoms with van der Waals surface area (Å²) in [5, 5.41) is 0. The van der Waals surface area contributed by atoms with Gasteiger partial charge in [-0.15, -0.1) is 0 Å². The minimum atomic E-state index is -4.02. The molecule has 1 aliphatic heterocycles. The van der Waals surface area contributed by atoms with Crippen molar-refractivity contribution in [1.29, 1.82) is 0 Å². The van der Waals surface area contributed by atoms with E-state index in [4.69, 9.17) is 4.55 Å². The monoisotopic (exact) mass is 389 g/mol. The predicted molar refractivity (Wildman–Crippen MR) is 111 cm³/mol. The maximum atomic E-state index is 10.5. The zero-order chi connectivity index (χ0) is 20.2. The Bertz CT molecular complexity index is 834. The van der Waals surface area contributed by atoms with Crippen molar-refractivity contribution in [3.8, 4) is 0 Å². The fourth-order valence-electron chi connectivity index (χ4n) is 3.72. The van der Waals surface area contributed by atoms with Gasteiger partial charge in [0.15, 0.2) is 0 Å². The highest BCUT2D eigenvalue weighted by molar-refractivity contribution is 7.85. The lowest BCUT2D eigenvalue weighted by Gasteiger charge is -2.47. The molecule has 0 aliphatic carbocycles. The number of benzene rings is 2. The van der Waals surface area contributed by atoms with Crippen LogP contribution >= 0.6 is 0 Å². The molecular weight excluding hydrogens is 358 g/mol. The van der Waals surface area contributed by atoms with Crippen LogP contribution in [0.5, 0.6) is 0 Å². The largest absolute Gasteiger partial charge is 0.303 e. The third kappa shape index (κ3) is 5.41. The van der Waals surface area contributed by atoms with Crippen LogP contribution in [0.25, 0.3) is 0 Å². The number of nitrogens with zero attached hydrogens (tertiary/aromatic N) is 1. The second-order valence-corrected chi connectivity index (χ2v) is 9.39. The summed E-state index contributed by atoms with van der Waals surface area (Å²) in [6.45, 7) is 10.2. The zero-order valence-electron chi connectivity index (χ0n) is 16.9. The fourth-order valence-corrected chi connectivity index (χ4v) is 4.20. The molecular formula is C22H31NO3S. The lowest BCUT2D eigenvalue weighted by Crippen LogP contribution is -2.50. The maximum Gasteiger partial charge on any atom is 0.294 e. The Morgan fingerprint density at radius 1 is 1.04 bits per heavy atom. The molecule has 0 aromatic heterocycles. The first-order valence-corrected chi connectivity index (χ1v) is 10.8. The summed E-state index contributed by atoms with van der Waals surface area (Å²) in [5.74, 6) is 0.719. The molecule has 3 unspecified atom stereocenters. The van der Waals surface area contributed by atoms with E-state index in [1.54, 1.807) is 12.1 Å². The van der Waals surface area contributed by atoms with Crippen LogP contribution in [-0.2, 0) is 15.5 Å². The van der Waals surface area contributed by atoms with Crippen molar-refractivity contribution in [2.24, 2.45) is 5.92 Å². The number of hydrogen-bond donors (Lipinski definition) is 1. The lowest BCUT2D eigenvalue weighted by atomic mass is 9.66. The molecule has 1 saturated heterocycles. The van der Waals surface area contributed by atoms with Crippen LogP contribution in [0.15, 0.2) is 59.5 Å². The third-order valence-corrected chi connectivity index (χ3v) is 6.74. The molecule has 1 N–H and O–H groups in total. The van der Waals surface area contributed by atoms with Gasteiger partial charge in [-0.3, -0.25) is 4.55 Å². The predicted octanol–water partition coefficient (Wildman–Crippen LogP) is 4.55. The Kier molecular flexibility index (Phi) is 6.84. The molecule has 0 saturated carbocycles. The van der Waals surface area contributed by atoms with Crippen molar-refractivity contribution < 1.29 is 13.0 Å². The van der Waals surface area contributed by atoms with Crippen molar-refractivity contribution in [3.05, 3.63) is 65.7 Å². The first kappa shape index (κ1) is 21.6. The highest BCUT2D eigenvalue weighted by Crippen LogP contribution is 2.41. The molecule has 3 atom stereocenters. The summed E-state index contributed by atoms with van der Waals surface area (Å²) >= 11 is 0. The molecule has 0 radical (unpaired) electrons. The molecule has 1 aliphatic rings. The average molecular weight is 390 g/mol. The molecule has 2 aromatic carbocycles. The summed E-state index contributed by atoms with van der Waals surface area (Å²) < 4.78 is 29.6. The number of rotatable bonds is 2. The number of aryl methyl sites for hydroxylation is 1. The summed E-state index contributed by atoms with van der Waals surface area (Å²) in [7, 11) is -1.78. The second kappa shape index (κ2) is 8.55. The maximum absolute atomic E-state index is 10.5. The molecule has 2 aromatic rings. The van der Waals surface area contributed by atoms with E-state index in [0.29, 0.717) is 11.5 Å². The van der Waals surface area contributed by atoms with E-state index in [0.717, 1.165) is 11.5 Å². The van der Waals surface area contributed by atoms with E-state index in [1.165, 1.54) is 30.7 Å². The van der Waals surface area contributed by atoms with Gasteiger partial charge in [0.05, 0.1) is 4.90 Å². The first-order valence-electron chi connectivity index (χ1n) is 9.34. The van der Waals surface area contributed by atoms with Crippen molar-refractivity contribution in [3.63, 3.8) is 0 Å². The minimum absolute atomic E-state index is 0.0666. The van der Waals surface area contributed by atoms with Gasteiger partial charge in [-0.1, -0.05) is 61.9 Å². The minimum Gasteiger partial charge on any atom is -0.303 e. The lowest BCUT2D eigenvalue weighted by molar-refractivity contribution is 0.0854. The topological polar surface area (TPSA) is 57.6 Å². The van der Waals surface area contributed by atoms with Gasteiger partial charge in [-0.2, -0.15) is 8.42 Å².